The van der Waals surface area contributed by atoms with Crippen molar-refractivity contribution in [2.45, 2.75) is 11.6 Å². The van der Waals surface area contributed by atoms with E-state index in [4.69, 9.17) is 0 Å². The molecule has 0 aliphatic carbocycles. The Balaban J connectivity index is 2.21. The van der Waals surface area contributed by atoms with E-state index in [1.165, 1.54) is 6.07 Å². The van der Waals surface area contributed by atoms with Crippen molar-refractivity contribution in [3.05, 3.63) is 51.7 Å². The lowest BCUT2D eigenvalue weighted by molar-refractivity contribution is 0.597. The Bertz CT molecular complexity index is 687. The van der Waals surface area contributed by atoms with Gasteiger partial charge in [0.05, 0.1) is 0 Å². The van der Waals surface area contributed by atoms with E-state index in [-0.39, 0.29) is 5.03 Å². The van der Waals surface area contributed by atoms with E-state index in [1.807, 2.05) is 13.1 Å². The number of hydrogen-bond acceptors (Lipinski definition) is 4. The highest BCUT2D eigenvalue weighted by Gasteiger charge is 2.15. The number of nitrogens with zero attached hydrogens (tertiary/aromatic N) is 1. The Morgan fingerprint density at radius 2 is 2.05 bits per heavy atom. The van der Waals surface area contributed by atoms with Crippen LogP contribution in [0.2, 0.25) is 0 Å². The third-order valence-electron chi connectivity index (χ3n) is 2.53. The van der Waals surface area contributed by atoms with Crippen molar-refractivity contribution in [3.8, 4) is 0 Å². The van der Waals surface area contributed by atoms with E-state index >= 15 is 0 Å². The lowest BCUT2D eigenvalue weighted by Gasteiger charge is -2.08. The molecule has 20 heavy (non-hydrogen) atoms. The number of sulfonamides is 1. The van der Waals surface area contributed by atoms with Crippen LogP contribution >= 0.6 is 22.6 Å². The van der Waals surface area contributed by atoms with E-state index < -0.39 is 10.0 Å². The molecule has 0 amide bonds. The van der Waals surface area contributed by atoms with Crippen LogP contribution in [0, 0.1) is 3.57 Å². The molecule has 7 heteroatoms. The fraction of sp³-hybridized carbons (Fsp3) is 0.154. The van der Waals surface area contributed by atoms with Gasteiger partial charge in [-0.1, -0.05) is 12.1 Å². The largest absolute Gasteiger partial charge is 0.316 e. The van der Waals surface area contributed by atoms with Gasteiger partial charge in [0.25, 0.3) is 10.0 Å². The van der Waals surface area contributed by atoms with Gasteiger partial charge in [0.15, 0.2) is 5.03 Å². The SMILES string of the molecule is CNCc1ccc(S(=O)(=O)Nc2cccc(I)c2)nc1. The highest BCUT2D eigenvalue weighted by molar-refractivity contribution is 14.1. The molecular formula is C13H14IN3O2S. The minimum absolute atomic E-state index is 0.0104. The van der Waals surface area contributed by atoms with Gasteiger partial charge >= 0.3 is 0 Å². The Morgan fingerprint density at radius 1 is 1.25 bits per heavy atom. The average Bonchev–Trinajstić information content (AvgIpc) is 2.39. The topological polar surface area (TPSA) is 71.1 Å². The van der Waals surface area contributed by atoms with Crippen molar-refractivity contribution in [2.75, 3.05) is 11.8 Å². The zero-order valence-corrected chi connectivity index (χ0v) is 13.8. The lowest BCUT2D eigenvalue weighted by Crippen LogP contribution is -2.15. The summed E-state index contributed by atoms with van der Waals surface area (Å²) in [5.74, 6) is 0. The number of benzene rings is 1. The van der Waals surface area contributed by atoms with Gasteiger partial charge in [0, 0.05) is 22.0 Å². The van der Waals surface area contributed by atoms with E-state index in [2.05, 4.69) is 37.6 Å². The first-order valence-corrected chi connectivity index (χ1v) is 8.45. The molecule has 0 fully saturated rings. The third kappa shape index (κ3) is 3.90. The van der Waals surface area contributed by atoms with Gasteiger partial charge in [-0.15, -0.1) is 0 Å². The first-order valence-electron chi connectivity index (χ1n) is 5.89. The van der Waals surface area contributed by atoms with Crippen molar-refractivity contribution in [3.63, 3.8) is 0 Å². The summed E-state index contributed by atoms with van der Waals surface area (Å²) in [5, 5.41) is 2.99. The molecule has 1 heterocycles. The van der Waals surface area contributed by atoms with Crippen molar-refractivity contribution >= 4 is 38.3 Å². The Kier molecular flexibility index (Phi) is 4.95. The molecule has 1 aromatic heterocycles. The molecule has 2 rings (SSSR count). The lowest BCUT2D eigenvalue weighted by atomic mass is 10.3. The van der Waals surface area contributed by atoms with E-state index in [0.717, 1.165) is 9.13 Å². The fourth-order valence-corrected chi connectivity index (χ4v) is 3.16. The number of aromatic nitrogens is 1. The van der Waals surface area contributed by atoms with Gasteiger partial charge < -0.3 is 5.32 Å². The second-order valence-corrected chi connectivity index (χ2v) is 7.03. The smallest absolute Gasteiger partial charge is 0.279 e. The first-order chi connectivity index (χ1) is 9.51. The third-order valence-corrected chi connectivity index (χ3v) is 4.50. The summed E-state index contributed by atoms with van der Waals surface area (Å²) in [6.45, 7) is 0.650. The molecule has 2 aromatic rings. The summed E-state index contributed by atoms with van der Waals surface area (Å²) in [5.41, 5.74) is 1.46. The van der Waals surface area contributed by atoms with Gasteiger partial charge in [-0.05, 0) is 59.5 Å². The normalized spacial score (nSPS) is 11.3. The molecule has 5 nitrogen and oxygen atoms in total. The second kappa shape index (κ2) is 6.51. The van der Waals surface area contributed by atoms with Crippen LogP contribution in [-0.4, -0.2) is 20.4 Å². The average molecular weight is 403 g/mol. The Hall–Kier alpha value is -1.19. The zero-order chi connectivity index (χ0) is 14.6. The van der Waals surface area contributed by atoms with Gasteiger partial charge in [0.2, 0.25) is 0 Å². The van der Waals surface area contributed by atoms with Crippen LogP contribution in [0.15, 0.2) is 47.6 Å². The first kappa shape index (κ1) is 15.2. The molecule has 0 unspecified atom stereocenters. The predicted molar refractivity (Wildman–Crippen MR) is 87.0 cm³/mol. The maximum atomic E-state index is 12.2. The molecule has 0 aliphatic heterocycles. The number of anilines is 1. The van der Waals surface area contributed by atoms with Crippen LogP contribution in [-0.2, 0) is 16.6 Å². The summed E-state index contributed by atoms with van der Waals surface area (Å²) in [6, 6.07) is 10.4. The summed E-state index contributed by atoms with van der Waals surface area (Å²) in [7, 11) is -1.82. The van der Waals surface area contributed by atoms with Crippen molar-refractivity contribution in [2.24, 2.45) is 0 Å². The predicted octanol–water partition coefficient (Wildman–Crippen LogP) is 2.21. The van der Waals surface area contributed by atoms with Gasteiger partial charge in [0.1, 0.15) is 0 Å². The van der Waals surface area contributed by atoms with E-state index in [1.54, 1.807) is 30.5 Å². The highest BCUT2D eigenvalue weighted by Crippen LogP contribution is 2.17. The summed E-state index contributed by atoms with van der Waals surface area (Å²) < 4.78 is 27.9. The molecule has 1 aromatic carbocycles. The number of nitrogens with one attached hydrogen (secondary N) is 2. The van der Waals surface area contributed by atoms with Crippen LogP contribution in [0.5, 0.6) is 0 Å². The molecule has 0 aliphatic rings. The van der Waals surface area contributed by atoms with Gasteiger partial charge in [-0.25, -0.2) is 4.98 Å². The van der Waals surface area contributed by atoms with Crippen LogP contribution < -0.4 is 10.0 Å². The molecule has 0 bridgehead atoms. The van der Waals surface area contributed by atoms with Crippen LogP contribution in [0.25, 0.3) is 0 Å². The Morgan fingerprint density at radius 3 is 2.65 bits per heavy atom. The van der Waals surface area contributed by atoms with Gasteiger partial charge in [-0.2, -0.15) is 8.42 Å². The van der Waals surface area contributed by atoms with E-state index in [9.17, 15) is 8.42 Å². The number of rotatable bonds is 5. The molecular weight excluding hydrogens is 389 g/mol. The molecule has 106 valence electrons. The van der Waals surface area contributed by atoms with Gasteiger partial charge in [-0.3, -0.25) is 4.72 Å². The summed E-state index contributed by atoms with van der Waals surface area (Å²) >= 11 is 2.13. The highest BCUT2D eigenvalue weighted by atomic mass is 127. The van der Waals surface area contributed by atoms with E-state index in [0.29, 0.717) is 12.2 Å². The second-order valence-electron chi connectivity index (χ2n) is 4.15. The number of pyridine rings is 1. The summed E-state index contributed by atoms with van der Waals surface area (Å²) in [4.78, 5) is 4.00. The fourth-order valence-electron chi connectivity index (χ4n) is 1.64. The quantitative estimate of drug-likeness (QED) is 0.752. The standard InChI is InChI=1S/C13H14IN3O2S/c1-15-8-10-5-6-13(16-9-10)20(18,19)17-12-4-2-3-11(14)7-12/h2-7,9,15,17H,8H2,1H3. The molecule has 0 atom stereocenters. The monoisotopic (exact) mass is 403 g/mol. The van der Waals surface area contributed by atoms with Crippen molar-refractivity contribution in [1.82, 2.24) is 10.3 Å². The summed E-state index contributed by atoms with van der Waals surface area (Å²) in [6.07, 6.45) is 1.56. The molecule has 0 spiro atoms. The van der Waals surface area contributed by atoms with Crippen LogP contribution in [0.1, 0.15) is 5.56 Å². The minimum Gasteiger partial charge on any atom is -0.316 e. The van der Waals surface area contributed by atoms with Crippen molar-refractivity contribution < 1.29 is 8.42 Å². The van der Waals surface area contributed by atoms with Crippen LogP contribution in [0.3, 0.4) is 0 Å². The zero-order valence-electron chi connectivity index (χ0n) is 10.8. The maximum Gasteiger partial charge on any atom is 0.279 e. The minimum atomic E-state index is -3.65. The van der Waals surface area contributed by atoms with Crippen LogP contribution in [0.4, 0.5) is 5.69 Å². The molecule has 0 radical (unpaired) electrons. The molecule has 0 saturated carbocycles. The molecule has 0 saturated heterocycles. The molecule has 2 N–H and O–H groups in total. The Labute approximate surface area is 132 Å². The number of halogens is 1. The van der Waals surface area contributed by atoms with Crippen molar-refractivity contribution in [1.29, 1.82) is 0 Å². The maximum absolute atomic E-state index is 12.2. The number of hydrogen-bond donors (Lipinski definition) is 2.